The van der Waals surface area contributed by atoms with E-state index in [2.05, 4.69) is 26.7 Å². The van der Waals surface area contributed by atoms with Crippen LogP contribution in [0.5, 0.6) is 5.88 Å². The van der Waals surface area contributed by atoms with Gasteiger partial charge in [0.2, 0.25) is 5.88 Å². The lowest BCUT2D eigenvalue weighted by Gasteiger charge is -2.31. The van der Waals surface area contributed by atoms with Crippen LogP contribution in [0.2, 0.25) is 10.0 Å². The van der Waals surface area contributed by atoms with Crippen molar-refractivity contribution in [2.75, 3.05) is 25.6 Å². The summed E-state index contributed by atoms with van der Waals surface area (Å²) in [5, 5.41) is 18.3. The molecule has 1 saturated heterocycles. The summed E-state index contributed by atoms with van der Waals surface area (Å²) in [6.07, 6.45) is 1.85. The zero-order valence-electron chi connectivity index (χ0n) is 27.4. The van der Waals surface area contributed by atoms with E-state index >= 15 is 0 Å². The number of aliphatic hydroxyl groups is 1. The summed E-state index contributed by atoms with van der Waals surface area (Å²) in [6.45, 7) is 2.62. The molecule has 0 radical (unpaired) electrons. The molecule has 0 amide bonds. The van der Waals surface area contributed by atoms with E-state index in [1.54, 1.807) is 27.1 Å². The maximum atomic E-state index is 13.2. The van der Waals surface area contributed by atoms with Gasteiger partial charge in [-0.05, 0) is 43.9 Å². The first kappa shape index (κ1) is 33.2. The third-order valence-electron chi connectivity index (χ3n) is 9.32. The number of aliphatic hydroxyl groups excluding tert-OH is 1. The van der Waals surface area contributed by atoms with Crippen molar-refractivity contribution in [3.8, 4) is 28.3 Å². The molecule has 4 heterocycles. The van der Waals surface area contributed by atoms with E-state index in [4.69, 9.17) is 37.7 Å². The Bertz CT molecular complexity index is 2240. The van der Waals surface area contributed by atoms with Gasteiger partial charge in [-0.15, -0.1) is 0 Å². The van der Waals surface area contributed by atoms with E-state index in [9.17, 15) is 14.7 Å². The summed E-state index contributed by atoms with van der Waals surface area (Å²) in [5.74, 6) is 1.12. The molecule has 5 aromatic rings. The van der Waals surface area contributed by atoms with E-state index in [-0.39, 0.29) is 28.9 Å². The molecule has 254 valence electrons. The van der Waals surface area contributed by atoms with Crippen LogP contribution in [0.4, 0.5) is 11.5 Å². The number of nitrogens with zero attached hydrogens (tertiary/aromatic N) is 5. The summed E-state index contributed by atoms with van der Waals surface area (Å²) in [7, 11) is 4.58. The van der Waals surface area contributed by atoms with Gasteiger partial charge in [0.15, 0.2) is 5.65 Å². The number of hydrogen-bond acceptors (Lipinski definition) is 10. The molecule has 1 aliphatic heterocycles. The maximum Gasteiger partial charge on any atom is 0.332 e. The van der Waals surface area contributed by atoms with Crippen LogP contribution >= 0.6 is 23.2 Å². The van der Waals surface area contributed by atoms with Crippen molar-refractivity contribution in [2.45, 2.75) is 44.4 Å². The van der Waals surface area contributed by atoms with Crippen molar-refractivity contribution in [1.29, 1.82) is 0 Å². The third-order valence-corrected chi connectivity index (χ3v) is 10.1. The molecule has 7 rings (SSSR count). The molecule has 0 saturated carbocycles. The van der Waals surface area contributed by atoms with Crippen molar-refractivity contribution in [1.82, 2.24) is 29.4 Å². The van der Waals surface area contributed by atoms with Gasteiger partial charge in [-0.1, -0.05) is 53.5 Å². The molecule has 1 fully saturated rings. The molecule has 3 aromatic heterocycles. The van der Waals surface area contributed by atoms with Gasteiger partial charge in [0, 0.05) is 55.0 Å². The van der Waals surface area contributed by atoms with Gasteiger partial charge >= 0.3 is 5.69 Å². The predicted octanol–water partition coefficient (Wildman–Crippen LogP) is 4.85. The normalized spacial score (nSPS) is 18.9. The summed E-state index contributed by atoms with van der Waals surface area (Å²) in [4.78, 5) is 39.5. The minimum atomic E-state index is -0.565. The lowest BCUT2D eigenvalue weighted by atomic mass is 9.99. The second-order valence-electron chi connectivity index (χ2n) is 12.4. The molecule has 2 aliphatic rings. The highest BCUT2D eigenvalue weighted by atomic mass is 35.5. The Labute approximate surface area is 291 Å². The van der Waals surface area contributed by atoms with Crippen molar-refractivity contribution < 1.29 is 14.6 Å². The number of aromatic nitrogens is 5. The molecular weight excluding hydrogens is 669 g/mol. The monoisotopic (exact) mass is 703 g/mol. The topological polar surface area (TPSA) is 145 Å². The smallest absolute Gasteiger partial charge is 0.332 e. The summed E-state index contributed by atoms with van der Waals surface area (Å²) >= 11 is 14.2. The van der Waals surface area contributed by atoms with Gasteiger partial charge in [0.05, 0.1) is 41.2 Å². The van der Waals surface area contributed by atoms with E-state index in [1.807, 2.05) is 30.3 Å². The zero-order chi connectivity index (χ0) is 34.6. The summed E-state index contributed by atoms with van der Waals surface area (Å²) in [6, 6.07) is 13.2. The molecule has 3 unspecified atom stereocenters. The fraction of sp³-hybridized carbons (Fsp3) is 0.343. The van der Waals surface area contributed by atoms with Crippen molar-refractivity contribution >= 4 is 45.7 Å². The van der Waals surface area contributed by atoms with Crippen LogP contribution < -0.4 is 26.6 Å². The number of ether oxygens (including phenoxy) is 2. The van der Waals surface area contributed by atoms with Crippen LogP contribution in [-0.2, 0) is 25.3 Å². The van der Waals surface area contributed by atoms with Crippen LogP contribution in [0.25, 0.3) is 33.4 Å². The van der Waals surface area contributed by atoms with E-state index in [0.29, 0.717) is 63.0 Å². The number of rotatable bonds is 7. The molecule has 3 N–H and O–H groups in total. The van der Waals surface area contributed by atoms with Crippen LogP contribution in [0.3, 0.4) is 0 Å². The second kappa shape index (κ2) is 13.2. The number of fused-ring (bicyclic) bond motifs is 2. The van der Waals surface area contributed by atoms with Crippen LogP contribution in [0, 0.1) is 6.92 Å². The van der Waals surface area contributed by atoms with Gasteiger partial charge in [0.1, 0.15) is 17.0 Å². The number of anilines is 2. The molecule has 1 aliphatic carbocycles. The zero-order valence-corrected chi connectivity index (χ0v) is 28.9. The van der Waals surface area contributed by atoms with Crippen molar-refractivity contribution in [3.63, 3.8) is 0 Å². The fourth-order valence-electron chi connectivity index (χ4n) is 6.80. The minimum Gasteiger partial charge on any atom is -0.481 e. The molecule has 0 bridgehead atoms. The van der Waals surface area contributed by atoms with Crippen LogP contribution in [-0.4, -0.2) is 61.7 Å². The van der Waals surface area contributed by atoms with Crippen LogP contribution in [0.15, 0.2) is 52.1 Å². The Morgan fingerprint density at radius 1 is 0.980 bits per heavy atom. The first-order valence-corrected chi connectivity index (χ1v) is 16.7. The molecule has 3 atom stereocenters. The number of halogens is 2. The molecule has 14 heteroatoms. The number of hydrogen-bond donors (Lipinski definition) is 3. The largest absolute Gasteiger partial charge is 0.481 e. The second-order valence-corrected chi connectivity index (χ2v) is 13.1. The average molecular weight is 705 g/mol. The van der Waals surface area contributed by atoms with Gasteiger partial charge in [-0.25, -0.2) is 19.7 Å². The number of nitrogens with one attached hydrogen (secondary N) is 2. The number of aryl methyl sites for hydroxylation is 3. The Morgan fingerprint density at radius 3 is 2.47 bits per heavy atom. The minimum absolute atomic E-state index is 0.000893. The fourth-order valence-corrected chi connectivity index (χ4v) is 7.40. The Morgan fingerprint density at radius 2 is 1.71 bits per heavy atom. The number of methoxy groups -OCH3 is 1. The summed E-state index contributed by atoms with van der Waals surface area (Å²) in [5.41, 5.74) is 4.53. The maximum absolute atomic E-state index is 13.2. The Balaban J connectivity index is 1.25. The molecular formula is C35H35Cl2N7O5. The predicted molar refractivity (Wildman–Crippen MR) is 189 cm³/mol. The summed E-state index contributed by atoms with van der Waals surface area (Å²) < 4.78 is 13.6. The third kappa shape index (κ3) is 5.87. The van der Waals surface area contributed by atoms with Crippen molar-refractivity contribution in [3.05, 3.63) is 90.3 Å². The average Bonchev–Trinajstić information content (AvgIpc) is 3.50. The van der Waals surface area contributed by atoms with Crippen molar-refractivity contribution in [2.24, 2.45) is 14.1 Å². The van der Waals surface area contributed by atoms with E-state index in [0.717, 1.165) is 35.0 Å². The molecule has 12 nitrogen and oxygen atoms in total. The standard InChI is InChI=1S/C35H35Cl2N7O5/c1-17-38-31(28-32(39-17)43(2)35(47)44(3)34(28)46)41-24-10-6-8-20(30(24)37)19-7-5-9-21(29(19)36)25-15-18-11-12-23(27(18)33(42-25)48-4)40-22-13-14-49-16-26(22)45/h5-10,15,22-23,26,40,45H,11-14,16H2,1-4H3,(H,38,39,41). The first-order valence-electron chi connectivity index (χ1n) is 16.0. The van der Waals surface area contributed by atoms with E-state index in [1.165, 1.54) is 11.6 Å². The highest BCUT2D eigenvalue weighted by Gasteiger charge is 2.33. The van der Waals surface area contributed by atoms with E-state index < -0.39 is 17.4 Å². The van der Waals surface area contributed by atoms with Gasteiger partial charge in [0.25, 0.3) is 5.56 Å². The van der Waals surface area contributed by atoms with Gasteiger partial charge < -0.3 is 25.2 Å². The van der Waals surface area contributed by atoms with Gasteiger partial charge in [-0.2, -0.15) is 0 Å². The quantitative estimate of drug-likeness (QED) is 0.215. The first-order chi connectivity index (χ1) is 23.6. The highest BCUT2D eigenvalue weighted by Crippen LogP contribution is 2.44. The molecule has 2 aromatic carbocycles. The number of benzene rings is 2. The molecule has 0 spiro atoms. The lowest BCUT2D eigenvalue weighted by Crippen LogP contribution is -2.47. The Hall–Kier alpha value is -4.33. The Kier molecular flexibility index (Phi) is 8.92. The highest BCUT2D eigenvalue weighted by molar-refractivity contribution is 6.39. The SMILES string of the molecule is COc1nc(-c2cccc(-c3cccc(Nc4nc(C)nc5c4c(=O)n(C)c(=O)n5C)c3Cl)c2Cl)cc2c1C(NC1CCOCC1O)CC2. The van der Waals surface area contributed by atoms with Gasteiger partial charge in [-0.3, -0.25) is 13.9 Å². The lowest BCUT2D eigenvalue weighted by molar-refractivity contribution is -0.0304. The van der Waals surface area contributed by atoms with Crippen LogP contribution in [0.1, 0.15) is 35.8 Å². The molecule has 49 heavy (non-hydrogen) atoms. The number of pyridine rings is 1.